The summed E-state index contributed by atoms with van der Waals surface area (Å²) in [4.78, 5) is 4.40. The van der Waals surface area contributed by atoms with E-state index in [0.29, 0.717) is 11.4 Å². The van der Waals surface area contributed by atoms with Gasteiger partial charge in [0.1, 0.15) is 6.07 Å². The van der Waals surface area contributed by atoms with Gasteiger partial charge in [-0.3, -0.25) is 0 Å². The largest absolute Gasteiger partial charge is 0.233 e. The SMILES string of the molecule is Cc1ccc(C#N)c(-n2cc(-c3ccccc3)cn2)n1. The van der Waals surface area contributed by atoms with Gasteiger partial charge in [0.25, 0.3) is 0 Å². The number of hydrogen-bond acceptors (Lipinski definition) is 3. The van der Waals surface area contributed by atoms with Crippen LogP contribution in [-0.2, 0) is 0 Å². The standard InChI is InChI=1S/C16H12N4/c1-12-7-8-14(9-17)16(19-12)20-11-15(10-18-20)13-5-3-2-4-6-13/h2-8,10-11H,1H3. The van der Waals surface area contributed by atoms with Crippen LogP contribution < -0.4 is 0 Å². The Labute approximate surface area is 116 Å². The summed E-state index contributed by atoms with van der Waals surface area (Å²) in [6.07, 6.45) is 3.67. The van der Waals surface area contributed by atoms with Gasteiger partial charge in [0.2, 0.25) is 0 Å². The Morgan fingerprint density at radius 1 is 1.05 bits per heavy atom. The van der Waals surface area contributed by atoms with Crippen LogP contribution in [0.25, 0.3) is 16.9 Å². The van der Waals surface area contributed by atoms with E-state index in [-0.39, 0.29) is 0 Å². The van der Waals surface area contributed by atoms with Crippen LogP contribution in [0.3, 0.4) is 0 Å². The van der Waals surface area contributed by atoms with Crippen molar-refractivity contribution in [2.24, 2.45) is 0 Å². The molecule has 0 atom stereocenters. The third-order valence-electron chi connectivity index (χ3n) is 3.04. The molecule has 2 aromatic heterocycles. The Morgan fingerprint density at radius 3 is 2.60 bits per heavy atom. The molecule has 0 N–H and O–H groups in total. The zero-order valence-electron chi connectivity index (χ0n) is 11.0. The number of aromatic nitrogens is 3. The first kappa shape index (κ1) is 12.1. The second kappa shape index (κ2) is 4.98. The van der Waals surface area contributed by atoms with Gasteiger partial charge in [0.15, 0.2) is 5.82 Å². The maximum absolute atomic E-state index is 9.16. The van der Waals surface area contributed by atoms with Gasteiger partial charge in [-0.1, -0.05) is 30.3 Å². The molecule has 96 valence electrons. The minimum atomic E-state index is 0.512. The Kier molecular flexibility index (Phi) is 3.02. The molecule has 0 spiro atoms. The Morgan fingerprint density at radius 2 is 1.85 bits per heavy atom. The Bertz CT molecular complexity index is 782. The van der Waals surface area contributed by atoms with Crippen molar-refractivity contribution in [3.8, 4) is 23.0 Å². The second-order valence-corrected chi connectivity index (χ2v) is 4.48. The van der Waals surface area contributed by atoms with Gasteiger partial charge >= 0.3 is 0 Å². The molecule has 0 radical (unpaired) electrons. The first-order valence-electron chi connectivity index (χ1n) is 6.26. The number of benzene rings is 1. The minimum Gasteiger partial charge on any atom is -0.233 e. The first-order chi connectivity index (χ1) is 9.78. The van der Waals surface area contributed by atoms with Crippen molar-refractivity contribution >= 4 is 0 Å². The molecule has 2 heterocycles. The summed E-state index contributed by atoms with van der Waals surface area (Å²) in [6.45, 7) is 1.90. The predicted octanol–water partition coefficient (Wildman–Crippen LogP) is 3.11. The van der Waals surface area contributed by atoms with Crippen LogP contribution in [0.5, 0.6) is 0 Å². The summed E-state index contributed by atoms with van der Waals surface area (Å²) in [6, 6.07) is 15.7. The van der Waals surface area contributed by atoms with Gasteiger partial charge in [-0.25, -0.2) is 9.67 Å². The lowest BCUT2D eigenvalue weighted by molar-refractivity contribution is 0.837. The fraction of sp³-hybridized carbons (Fsp3) is 0.0625. The highest BCUT2D eigenvalue weighted by atomic mass is 15.3. The van der Waals surface area contributed by atoms with E-state index in [2.05, 4.69) is 16.2 Å². The van der Waals surface area contributed by atoms with E-state index in [1.165, 1.54) is 0 Å². The third kappa shape index (κ3) is 2.17. The zero-order valence-corrected chi connectivity index (χ0v) is 11.0. The summed E-state index contributed by atoms with van der Waals surface area (Å²) < 4.78 is 1.65. The van der Waals surface area contributed by atoms with Crippen LogP contribution >= 0.6 is 0 Å². The van der Waals surface area contributed by atoms with Gasteiger partial charge in [-0.15, -0.1) is 0 Å². The van der Waals surface area contributed by atoms with Crippen molar-refractivity contribution < 1.29 is 0 Å². The normalized spacial score (nSPS) is 10.2. The third-order valence-corrected chi connectivity index (χ3v) is 3.04. The van der Waals surface area contributed by atoms with Gasteiger partial charge < -0.3 is 0 Å². The molecule has 0 saturated carbocycles. The lowest BCUT2D eigenvalue weighted by Gasteiger charge is -2.03. The van der Waals surface area contributed by atoms with Gasteiger partial charge in [-0.2, -0.15) is 10.4 Å². The molecule has 0 aliphatic carbocycles. The molecule has 0 bridgehead atoms. The highest BCUT2D eigenvalue weighted by molar-refractivity contribution is 5.62. The Balaban J connectivity index is 2.07. The van der Waals surface area contributed by atoms with E-state index in [9.17, 15) is 0 Å². The van der Waals surface area contributed by atoms with Crippen molar-refractivity contribution in [3.63, 3.8) is 0 Å². The zero-order chi connectivity index (χ0) is 13.9. The number of aryl methyl sites for hydroxylation is 1. The number of rotatable bonds is 2. The molecule has 0 aliphatic heterocycles. The van der Waals surface area contributed by atoms with Gasteiger partial charge in [0, 0.05) is 17.5 Å². The fourth-order valence-electron chi connectivity index (χ4n) is 2.02. The van der Waals surface area contributed by atoms with Crippen molar-refractivity contribution in [2.45, 2.75) is 6.92 Å². The molecule has 0 unspecified atom stereocenters. The van der Waals surface area contributed by atoms with Crippen LogP contribution in [0.1, 0.15) is 11.3 Å². The van der Waals surface area contributed by atoms with E-state index >= 15 is 0 Å². The van der Waals surface area contributed by atoms with E-state index in [0.717, 1.165) is 16.8 Å². The van der Waals surface area contributed by atoms with E-state index in [1.54, 1.807) is 16.9 Å². The van der Waals surface area contributed by atoms with Crippen LogP contribution in [-0.4, -0.2) is 14.8 Å². The number of hydrogen-bond donors (Lipinski definition) is 0. The monoisotopic (exact) mass is 260 g/mol. The summed E-state index contributed by atoms with van der Waals surface area (Å²) in [5, 5.41) is 13.5. The average Bonchev–Trinajstić information content (AvgIpc) is 2.98. The van der Waals surface area contributed by atoms with Gasteiger partial charge in [-0.05, 0) is 24.6 Å². The maximum atomic E-state index is 9.16. The van der Waals surface area contributed by atoms with E-state index in [1.807, 2.05) is 49.5 Å². The molecule has 3 aromatic rings. The second-order valence-electron chi connectivity index (χ2n) is 4.48. The summed E-state index contributed by atoms with van der Waals surface area (Å²) in [7, 11) is 0. The molecule has 0 aliphatic rings. The molecule has 4 heteroatoms. The molecule has 4 nitrogen and oxygen atoms in total. The average molecular weight is 260 g/mol. The van der Waals surface area contributed by atoms with Crippen molar-refractivity contribution in [3.05, 3.63) is 66.1 Å². The van der Waals surface area contributed by atoms with Crippen molar-refractivity contribution in [1.29, 1.82) is 5.26 Å². The minimum absolute atomic E-state index is 0.512. The van der Waals surface area contributed by atoms with Crippen molar-refractivity contribution in [2.75, 3.05) is 0 Å². The molecule has 3 rings (SSSR count). The highest BCUT2D eigenvalue weighted by Gasteiger charge is 2.09. The number of nitriles is 1. The molecule has 20 heavy (non-hydrogen) atoms. The first-order valence-corrected chi connectivity index (χ1v) is 6.26. The quantitative estimate of drug-likeness (QED) is 0.711. The molecular formula is C16H12N4. The van der Waals surface area contributed by atoms with Crippen LogP contribution in [0.4, 0.5) is 0 Å². The summed E-state index contributed by atoms with van der Waals surface area (Å²) in [5.74, 6) is 0.565. The smallest absolute Gasteiger partial charge is 0.171 e. The highest BCUT2D eigenvalue weighted by Crippen LogP contribution is 2.20. The predicted molar refractivity (Wildman–Crippen MR) is 76.2 cm³/mol. The fourth-order valence-corrected chi connectivity index (χ4v) is 2.02. The molecule has 0 fully saturated rings. The number of pyridine rings is 1. The Hall–Kier alpha value is -2.93. The van der Waals surface area contributed by atoms with E-state index in [4.69, 9.17) is 5.26 Å². The number of nitrogens with zero attached hydrogens (tertiary/aromatic N) is 4. The topological polar surface area (TPSA) is 54.5 Å². The van der Waals surface area contributed by atoms with Gasteiger partial charge in [0.05, 0.1) is 11.8 Å². The van der Waals surface area contributed by atoms with Crippen LogP contribution in [0.15, 0.2) is 54.9 Å². The maximum Gasteiger partial charge on any atom is 0.171 e. The summed E-state index contributed by atoms with van der Waals surface area (Å²) in [5.41, 5.74) is 3.46. The van der Waals surface area contributed by atoms with Crippen LogP contribution in [0.2, 0.25) is 0 Å². The molecule has 1 aromatic carbocycles. The molecular weight excluding hydrogens is 248 g/mol. The van der Waals surface area contributed by atoms with Crippen LogP contribution in [0, 0.1) is 18.3 Å². The van der Waals surface area contributed by atoms with E-state index < -0.39 is 0 Å². The molecule has 0 saturated heterocycles. The van der Waals surface area contributed by atoms with Crippen molar-refractivity contribution in [1.82, 2.24) is 14.8 Å². The summed E-state index contributed by atoms with van der Waals surface area (Å²) >= 11 is 0. The lowest BCUT2D eigenvalue weighted by Crippen LogP contribution is -2.02. The molecule has 0 amide bonds. The lowest BCUT2D eigenvalue weighted by atomic mass is 10.1.